The Labute approximate surface area is 162 Å². The molecule has 5 nitrogen and oxygen atoms in total. The van der Waals surface area contributed by atoms with Gasteiger partial charge < -0.3 is 14.0 Å². The molecule has 0 atom stereocenters. The van der Waals surface area contributed by atoms with Crippen molar-refractivity contribution in [1.82, 2.24) is 5.16 Å². The molecule has 29 heavy (non-hydrogen) atoms. The van der Waals surface area contributed by atoms with Gasteiger partial charge in [0.15, 0.2) is 23.0 Å². The van der Waals surface area contributed by atoms with Crippen LogP contribution >= 0.6 is 0 Å². The van der Waals surface area contributed by atoms with Gasteiger partial charge in [0, 0.05) is 17.0 Å². The Hall–Kier alpha value is -3.81. The quantitative estimate of drug-likeness (QED) is 0.270. The van der Waals surface area contributed by atoms with E-state index >= 15 is 0 Å². The number of hydrogen-bond acceptors (Lipinski definition) is 5. The summed E-state index contributed by atoms with van der Waals surface area (Å²) in [6.07, 6.45) is 0. The van der Waals surface area contributed by atoms with Gasteiger partial charge in [-0.05, 0) is 36.4 Å². The molecule has 1 heterocycles. The van der Waals surface area contributed by atoms with E-state index in [1.54, 1.807) is 24.3 Å². The van der Waals surface area contributed by atoms with Crippen LogP contribution < -0.4 is 9.47 Å². The molecule has 0 aliphatic carbocycles. The van der Waals surface area contributed by atoms with Crippen LogP contribution in [-0.2, 0) is 0 Å². The first kappa shape index (κ1) is 18.5. The first-order valence-corrected chi connectivity index (χ1v) is 8.37. The highest BCUT2D eigenvalue weighted by molar-refractivity contribution is 5.95. The molecule has 0 amide bonds. The maximum Gasteiger partial charge on any atom is 0.347 e. The number of ether oxygens (including phenoxy) is 2. The van der Waals surface area contributed by atoms with E-state index in [9.17, 15) is 18.0 Å². The molecule has 4 aromatic rings. The monoisotopic (exact) mass is 399 g/mol. The predicted octanol–water partition coefficient (Wildman–Crippen LogP) is 5.14. The summed E-state index contributed by atoms with van der Waals surface area (Å²) in [4.78, 5) is 12.4. The van der Waals surface area contributed by atoms with E-state index in [2.05, 4.69) is 5.16 Å². The Morgan fingerprint density at radius 1 is 1.00 bits per heavy atom. The third-order valence-electron chi connectivity index (χ3n) is 4.24. The van der Waals surface area contributed by atoms with Gasteiger partial charge in [-0.3, -0.25) is 0 Å². The fourth-order valence-corrected chi connectivity index (χ4v) is 2.86. The van der Waals surface area contributed by atoms with Gasteiger partial charge >= 0.3 is 5.97 Å². The van der Waals surface area contributed by atoms with Gasteiger partial charge in [-0.25, -0.2) is 18.0 Å². The third kappa shape index (κ3) is 3.40. The van der Waals surface area contributed by atoms with E-state index in [4.69, 9.17) is 14.0 Å². The Morgan fingerprint density at radius 3 is 2.45 bits per heavy atom. The molecular weight excluding hydrogens is 387 g/mol. The lowest BCUT2D eigenvalue weighted by Crippen LogP contribution is -2.09. The number of carbonyl (C=O) groups excluding carboxylic acids is 1. The minimum absolute atomic E-state index is 0.0129. The number of esters is 1. The summed E-state index contributed by atoms with van der Waals surface area (Å²) in [5, 5.41) is 4.20. The Morgan fingerprint density at radius 2 is 1.72 bits per heavy atom. The van der Waals surface area contributed by atoms with Gasteiger partial charge in [0.05, 0.1) is 7.11 Å². The minimum atomic E-state index is -1.56. The van der Waals surface area contributed by atoms with Crippen LogP contribution in [-0.4, -0.2) is 18.2 Å². The zero-order chi connectivity index (χ0) is 20.5. The second-order valence-electron chi connectivity index (χ2n) is 6.03. The molecule has 0 saturated carbocycles. The van der Waals surface area contributed by atoms with Crippen LogP contribution in [0.2, 0.25) is 0 Å². The summed E-state index contributed by atoms with van der Waals surface area (Å²) in [6.45, 7) is 0. The van der Waals surface area contributed by atoms with Crippen molar-refractivity contribution in [2.45, 2.75) is 0 Å². The highest BCUT2D eigenvalue weighted by Crippen LogP contribution is 2.32. The Kier molecular flexibility index (Phi) is 4.67. The van der Waals surface area contributed by atoms with E-state index in [1.807, 2.05) is 0 Å². The van der Waals surface area contributed by atoms with Crippen molar-refractivity contribution in [3.63, 3.8) is 0 Å². The van der Waals surface area contributed by atoms with Crippen LogP contribution in [0, 0.1) is 17.5 Å². The largest absolute Gasteiger partial charge is 0.496 e. The van der Waals surface area contributed by atoms with Crippen molar-refractivity contribution in [3.05, 3.63) is 77.6 Å². The van der Waals surface area contributed by atoms with E-state index in [0.717, 1.165) is 12.1 Å². The van der Waals surface area contributed by atoms with Crippen molar-refractivity contribution >= 4 is 16.9 Å². The smallest absolute Gasteiger partial charge is 0.347 e. The summed E-state index contributed by atoms with van der Waals surface area (Å²) in [5.41, 5.74) is 0.598. The molecule has 0 aliphatic heterocycles. The lowest BCUT2D eigenvalue weighted by atomic mass is 10.1. The molecule has 0 spiro atoms. The molecular formula is C21H12F3NO4. The molecule has 3 aromatic carbocycles. The lowest BCUT2D eigenvalue weighted by molar-refractivity contribution is 0.0731. The summed E-state index contributed by atoms with van der Waals surface area (Å²) >= 11 is 0. The van der Waals surface area contributed by atoms with Crippen LogP contribution in [0.25, 0.3) is 22.2 Å². The van der Waals surface area contributed by atoms with Crippen molar-refractivity contribution < 1.29 is 32.0 Å². The highest BCUT2D eigenvalue weighted by atomic mass is 19.2. The van der Waals surface area contributed by atoms with Crippen molar-refractivity contribution in [3.8, 4) is 22.8 Å². The van der Waals surface area contributed by atoms with Crippen molar-refractivity contribution in [1.29, 1.82) is 0 Å². The SMILES string of the molecule is COc1ccccc1C(=O)Oc1ccc2c(-c3cc(F)c(F)c(F)c3)noc2c1. The van der Waals surface area contributed by atoms with Crippen LogP contribution in [0.1, 0.15) is 10.4 Å². The number of carbonyl (C=O) groups is 1. The second kappa shape index (κ2) is 7.31. The molecule has 8 heteroatoms. The number of benzene rings is 3. The summed E-state index contributed by atoms with van der Waals surface area (Å²) < 4.78 is 55.9. The number of methoxy groups -OCH3 is 1. The number of aromatic nitrogens is 1. The normalized spacial score (nSPS) is 10.9. The summed E-state index contributed by atoms with van der Waals surface area (Å²) in [6, 6.07) is 12.6. The summed E-state index contributed by atoms with van der Waals surface area (Å²) in [7, 11) is 1.44. The second-order valence-corrected chi connectivity index (χ2v) is 6.03. The standard InChI is InChI=1S/C21H12F3NO4/c1-27-17-5-3-2-4-14(17)21(26)28-12-6-7-13-18(10-12)29-25-20(13)11-8-15(22)19(24)16(23)9-11/h2-10H,1H3. The lowest BCUT2D eigenvalue weighted by Gasteiger charge is -2.08. The number of rotatable bonds is 4. The van der Waals surface area contributed by atoms with Gasteiger partial charge in [0.1, 0.15) is 22.8 Å². The number of nitrogens with zero attached hydrogens (tertiary/aromatic N) is 1. The fourth-order valence-electron chi connectivity index (χ4n) is 2.86. The highest BCUT2D eigenvalue weighted by Gasteiger charge is 2.18. The van der Waals surface area contributed by atoms with Crippen molar-refractivity contribution in [2.24, 2.45) is 0 Å². The van der Waals surface area contributed by atoms with E-state index in [0.29, 0.717) is 11.1 Å². The average Bonchev–Trinajstić information content (AvgIpc) is 3.14. The molecule has 0 radical (unpaired) electrons. The Bertz CT molecular complexity index is 1210. The number of fused-ring (bicyclic) bond motifs is 1. The molecule has 0 fully saturated rings. The predicted molar refractivity (Wildman–Crippen MR) is 97.3 cm³/mol. The van der Waals surface area contributed by atoms with Crippen LogP contribution in [0.4, 0.5) is 13.2 Å². The van der Waals surface area contributed by atoms with E-state index < -0.39 is 23.4 Å². The molecule has 0 saturated heterocycles. The molecule has 0 N–H and O–H groups in total. The molecule has 1 aromatic heterocycles. The van der Waals surface area contributed by atoms with E-state index in [-0.39, 0.29) is 28.2 Å². The van der Waals surface area contributed by atoms with E-state index in [1.165, 1.54) is 25.3 Å². The molecule has 0 aliphatic rings. The van der Waals surface area contributed by atoms with Gasteiger partial charge in [0.25, 0.3) is 0 Å². The van der Waals surface area contributed by atoms with Crippen molar-refractivity contribution in [2.75, 3.05) is 7.11 Å². The van der Waals surface area contributed by atoms with Crippen LogP contribution in [0.3, 0.4) is 0 Å². The number of halogens is 3. The van der Waals surface area contributed by atoms with Gasteiger partial charge in [0.2, 0.25) is 0 Å². The molecule has 0 bridgehead atoms. The maximum absolute atomic E-state index is 13.5. The zero-order valence-corrected chi connectivity index (χ0v) is 14.9. The van der Waals surface area contributed by atoms with Crippen LogP contribution in [0.15, 0.2) is 59.1 Å². The molecule has 0 unspecified atom stereocenters. The number of para-hydroxylation sites is 1. The van der Waals surface area contributed by atoms with Gasteiger partial charge in [-0.1, -0.05) is 17.3 Å². The topological polar surface area (TPSA) is 61.6 Å². The summed E-state index contributed by atoms with van der Waals surface area (Å²) in [5.74, 6) is -4.33. The van der Waals surface area contributed by atoms with Gasteiger partial charge in [-0.2, -0.15) is 0 Å². The van der Waals surface area contributed by atoms with Crippen LogP contribution in [0.5, 0.6) is 11.5 Å². The first-order valence-electron chi connectivity index (χ1n) is 8.37. The maximum atomic E-state index is 13.5. The van der Waals surface area contributed by atoms with Gasteiger partial charge in [-0.15, -0.1) is 0 Å². The minimum Gasteiger partial charge on any atom is -0.496 e. The average molecular weight is 399 g/mol. The Balaban J connectivity index is 1.66. The third-order valence-corrected chi connectivity index (χ3v) is 4.24. The molecule has 146 valence electrons. The zero-order valence-electron chi connectivity index (χ0n) is 14.9. The fraction of sp³-hybridized carbons (Fsp3) is 0.0476. The number of hydrogen-bond donors (Lipinski definition) is 0. The first-order chi connectivity index (χ1) is 14.0. The molecule has 4 rings (SSSR count).